The fourth-order valence-electron chi connectivity index (χ4n) is 2.34. The second-order valence-electron chi connectivity index (χ2n) is 6.22. The van der Waals surface area contributed by atoms with Gasteiger partial charge < -0.3 is 9.64 Å². The second-order valence-corrected chi connectivity index (χ2v) is 6.22. The van der Waals surface area contributed by atoms with Crippen molar-refractivity contribution in [1.82, 2.24) is 4.90 Å². The Labute approximate surface area is 154 Å². The van der Waals surface area contributed by atoms with Crippen LogP contribution in [0.5, 0.6) is 0 Å². The average molecular weight is 354 g/mol. The third-order valence-corrected chi connectivity index (χ3v) is 3.62. The van der Waals surface area contributed by atoms with E-state index in [0.717, 1.165) is 25.0 Å². The molecular formula is C19H26FeN2O+2. The third-order valence-electron chi connectivity index (χ3n) is 3.62. The molecule has 0 aromatic rings. The van der Waals surface area contributed by atoms with E-state index >= 15 is 0 Å². The first-order valence-corrected chi connectivity index (χ1v) is 7.85. The molecule has 0 amide bonds. The van der Waals surface area contributed by atoms with Crippen LogP contribution in [0.25, 0.3) is 0 Å². The van der Waals surface area contributed by atoms with Crippen molar-refractivity contribution in [3.8, 4) is 0 Å². The monoisotopic (exact) mass is 354 g/mol. The van der Waals surface area contributed by atoms with E-state index in [9.17, 15) is 0 Å². The van der Waals surface area contributed by atoms with Crippen LogP contribution in [0.2, 0.25) is 0 Å². The van der Waals surface area contributed by atoms with Gasteiger partial charge in [0, 0.05) is 12.5 Å². The van der Waals surface area contributed by atoms with E-state index < -0.39 is 0 Å². The molecule has 10 radical (unpaired) electrons. The number of ether oxygens (including phenoxy) is 1. The summed E-state index contributed by atoms with van der Waals surface area (Å²) in [5, 5.41) is 0. The topological polar surface area (TPSA) is 24.8 Å². The van der Waals surface area contributed by atoms with Crippen LogP contribution in [0.4, 0.5) is 0 Å². The molecule has 1 aliphatic heterocycles. The van der Waals surface area contributed by atoms with Gasteiger partial charge in [-0.1, -0.05) is 13.8 Å². The minimum atomic E-state index is 0. The molecule has 0 spiro atoms. The molecular weight excluding hydrogens is 328 g/mol. The van der Waals surface area contributed by atoms with Crippen LogP contribution in [0.1, 0.15) is 13.8 Å². The molecule has 124 valence electrons. The van der Waals surface area contributed by atoms with E-state index in [2.05, 4.69) is 57.1 Å². The van der Waals surface area contributed by atoms with Crippen LogP contribution in [0.3, 0.4) is 0 Å². The Balaban J connectivity index is 0.000000377. The normalized spacial score (nSPS) is 25.1. The van der Waals surface area contributed by atoms with Crippen LogP contribution in [0.15, 0.2) is 4.99 Å². The van der Waals surface area contributed by atoms with E-state index in [4.69, 9.17) is 4.74 Å². The Morgan fingerprint density at radius 1 is 1.09 bits per heavy atom. The first-order chi connectivity index (χ1) is 10.6. The molecule has 2 aliphatic carbocycles. The molecule has 1 atom stereocenters. The molecule has 0 bridgehead atoms. The van der Waals surface area contributed by atoms with Gasteiger partial charge in [0.1, 0.15) is 6.61 Å². The van der Waals surface area contributed by atoms with Gasteiger partial charge in [-0.2, -0.15) is 0 Å². The van der Waals surface area contributed by atoms with Crippen LogP contribution in [0, 0.1) is 69.1 Å². The van der Waals surface area contributed by atoms with E-state index in [1.54, 1.807) is 0 Å². The zero-order chi connectivity index (χ0) is 15.9. The Bertz CT molecular complexity index is 346. The van der Waals surface area contributed by atoms with Gasteiger partial charge in [-0.05, 0) is 71.4 Å². The quantitative estimate of drug-likeness (QED) is 0.726. The second kappa shape index (κ2) is 10.7. The summed E-state index contributed by atoms with van der Waals surface area (Å²) in [5.41, 5.74) is 0. The van der Waals surface area contributed by atoms with Crippen molar-refractivity contribution in [2.75, 3.05) is 27.2 Å². The van der Waals surface area contributed by atoms with Gasteiger partial charge in [0.2, 0.25) is 0 Å². The molecule has 1 heterocycles. The smallest absolute Gasteiger partial charge is 0.478 e. The Morgan fingerprint density at radius 2 is 1.70 bits per heavy atom. The predicted molar refractivity (Wildman–Crippen MR) is 91.5 cm³/mol. The maximum absolute atomic E-state index is 5.72. The molecule has 4 heteroatoms. The molecule has 0 unspecified atom stereocenters. The van der Waals surface area contributed by atoms with Crippen LogP contribution < -0.4 is 0 Å². The molecule has 3 aliphatic rings. The summed E-state index contributed by atoms with van der Waals surface area (Å²) in [6.07, 6.45) is 16.3. The Hall–Kier alpha value is -0.0505. The van der Waals surface area contributed by atoms with E-state index in [1.165, 1.54) is 5.92 Å². The Kier molecular flexibility index (Phi) is 9.80. The van der Waals surface area contributed by atoms with E-state index in [-0.39, 0.29) is 17.1 Å². The van der Waals surface area contributed by atoms with Crippen molar-refractivity contribution < 1.29 is 21.8 Å². The number of hydrogen-bond acceptors (Lipinski definition) is 3. The maximum atomic E-state index is 5.72. The molecule has 23 heavy (non-hydrogen) atoms. The van der Waals surface area contributed by atoms with Gasteiger partial charge >= 0.3 is 17.1 Å². The van der Waals surface area contributed by atoms with Gasteiger partial charge in [0.25, 0.3) is 0 Å². The molecule has 0 aromatic heterocycles. The minimum Gasteiger partial charge on any atom is -0.478 e. The fourth-order valence-corrected chi connectivity index (χ4v) is 2.34. The summed E-state index contributed by atoms with van der Waals surface area (Å²) in [7, 11) is 4.15. The zero-order valence-electron chi connectivity index (χ0n) is 14.3. The summed E-state index contributed by atoms with van der Waals surface area (Å²) in [6.45, 7) is 6.02. The summed E-state index contributed by atoms with van der Waals surface area (Å²) in [5.74, 6) is 3.81. The number of rotatable bonds is 4. The van der Waals surface area contributed by atoms with E-state index in [0.29, 0.717) is 12.0 Å². The molecule has 3 nitrogen and oxygen atoms in total. The van der Waals surface area contributed by atoms with Gasteiger partial charge in [0.05, 0.1) is 12.0 Å². The predicted octanol–water partition coefficient (Wildman–Crippen LogP) is 2.80. The van der Waals surface area contributed by atoms with Crippen molar-refractivity contribution in [2.24, 2.45) is 10.9 Å². The summed E-state index contributed by atoms with van der Waals surface area (Å²) < 4.78 is 5.72. The Morgan fingerprint density at radius 3 is 2.17 bits per heavy atom. The number of aliphatic imine (C=N–C) groups is 1. The van der Waals surface area contributed by atoms with Crippen LogP contribution in [-0.4, -0.2) is 44.1 Å². The standard InChI is InChI=1S/C14H21N2O.C5H5.Fe/c1-10(2)13-9-17-14(15-13)12-7-5-6-11(12)8-16(3)4;1-2-4-5-3-1;/h5-7,10,13H,8-9H2,1-4H3;1-5H;/q;;+2/t13-;;/m1../s1. The molecule has 2 saturated carbocycles. The minimum absolute atomic E-state index is 0. The van der Waals surface area contributed by atoms with Gasteiger partial charge in [-0.25, -0.2) is 4.99 Å². The average Bonchev–Trinajstić information content (AvgIpc) is 3.21. The van der Waals surface area contributed by atoms with Gasteiger partial charge in [-0.15, -0.1) is 0 Å². The van der Waals surface area contributed by atoms with Gasteiger partial charge in [-0.3, -0.25) is 0 Å². The molecule has 2 fully saturated rings. The SMILES string of the molecule is CC(C)[C@H]1COC([C]2[CH][CH][CH][C]2CN(C)C)=N1.[CH]1[CH][CH][CH][CH]1.[Fe+2]. The largest absolute Gasteiger partial charge is 2.00 e. The number of nitrogens with zero attached hydrogens (tertiary/aromatic N) is 2. The van der Waals surface area contributed by atoms with Crippen molar-refractivity contribution in [1.29, 1.82) is 0 Å². The van der Waals surface area contributed by atoms with Gasteiger partial charge in [0.15, 0.2) is 5.90 Å². The molecule has 0 N–H and O–H groups in total. The number of hydrogen-bond donors (Lipinski definition) is 0. The zero-order valence-corrected chi connectivity index (χ0v) is 15.4. The van der Waals surface area contributed by atoms with Crippen LogP contribution >= 0.6 is 0 Å². The van der Waals surface area contributed by atoms with Crippen LogP contribution in [-0.2, 0) is 21.8 Å². The van der Waals surface area contributed by atoms with Crippen molar-refractivity contribution in [2.45, 2.75) is 19.9 Å². The molecule has 0 aromatic carbocycles. The summed E-state index contributed by atoms with van der Waals surface area (Å²) in [4.78, 5) is 6.83. The fraction of sp³-hybridized carbons (Fsp3) is 0.421. The first-order valence-electron chi connectivity index (χ1n) is 7.85. The summed E-state index contributed by atoms with van der Waals surface area (Å²) in [6, 6.07) is 0.312. The molecule has 0 saturated heterocycles. The molecule has 3 rings (SSSR count). The van der Waals surface area contributed by atoms with E-state index in [1.807, 2.05) is 32.1 Å². The van der Waals surface area contributed by atoms with Crippen molar-refractivity contribution in [3.63, 3.8) is 0 Å². The maximum Gasteiger partial charge on any atom is 2.00 e. The third kappa shape index (κ3) is 6.76. The van der Waals surface area contributed by atoms with Crippen molar-refractivity contribution >= 4 is 5.90 Å². The summed E-state index contributed by atoms with van der Waals surface area (Å²) >= 11 is 0. The van der Waals surface area contributed by atoms with Crippen molar-refractivity contribution in [3.05, 3.63) is 63.2 Å². The first kappa shape index (κ1) is 21.0.